The highest BCUT2D eigenvalue weighted by atomic mass is 19.4. The second-order valence-corrected chi connectivity index (χ2v) is 5.88. The molecule has 0 spiro atoms. The van der Waals surface area contributed by atoms with Crippen molar-refractivity contribution in [2.45, 2.75) is 12.6 Å². The number of hydrogen-bond donors (Lipinski definition) is 2. The number of nitrogens with one attached hydrogen (secondary N) is 1. The van der Waals surface area contributed by atoms with Crippen molar-refractivity contribution in [3.8, 4) is 5.69 Å². The van der Waals surface area contributed by atoms with Crippen molar-refractivity contribution in [1.29, 1.82) is 0 Å². The fourth-order valence-electron chi connectivity index (χ4n) is 2.76. The maximum Gasteiger partial charge on any atom is 0.416 e. The third-order valence-corrected chi connectivity index (χ3v) is 4.14. The Morgan fingerprint density at radius 2 is 2.08 bits per heavy atom. The lowest BCUT2D eigenvalue weighted by Gasteiger charge is -2.19. The normalized spacial score (nSPS) is 17.3. The van der Waals surface area contributed by atoms with Crippen LogP contribution in [0.1, 0.15) is 12.0 Å². The van der Waals surface area contributed by atoms with Crippen molar-refractivity contribution < 1.29 is 27.9 Å². The number of carbonyl (C=O) groups excluding carboxylic acids is 1. The van der Waals surface area contributed by atoms with Gasteiger partial charge < -0.3 is 15.3 Å². The number of benzene rings is 1. The van der Waals surface area contributed by atoms with E-state index in [0.717, 1.165) is 12.1 Å². The van der Waals surface area contributed by atoms with Crippen molar-refractivity contribution in [2.24, 2.45) is 5.92 Å². The fraction of sp³-hybridized carbons (Fsp3) is 0.312. The van der Waals surface area contributed by atoms with Crippen LogP contribution in [0.15, 0.2) is 36.7 Å². The molecule has 1 aromatic carbocycles. The van der Waals surface area contributed by atoms with Gasteiger partial charge in [-0.3, -0.25) is 4.79 Å². The van der Waals surface area contributed by atoms with Gasteiger partial charge >= 0.3 is 18.2 Å². The van der Waals surface area contributed by atoms with E-state index < -0.39 is 29.7 Å². The lowest BCUT2D eigenvalue weighted by molar-refractivity contribution is -0.141. The first-order chi connectivity index (χ1) is 12.3. The van der Waals surface area contributed by atoms with Crippen molar-refractivity contribution in [1.82, 2.24) is 14.7 Å². The molecule has 2 aromatic rings. The number of anilines is 1. The summed E-state index contributed by atoms with van der Waals surface area (Å²) in [4.78, 5) is 24.6. The van der Waals surface area contributed by atoms with E-state index in [0.29, 0.717) is 6.42 Å². The van der Waals surface area contributed by atoms with E-state index in [4.69, 9.17) is 5.11 Å². The second-order valence-electron chi connectivity index (χ2n) is 5.88. The molecule has 1 aliphatic heterocycles. The Morgan fingerprint density at radius 1 is 1.31 bits per heavy atom. The average molecular weight is 368 g/mol. The molecule has 2 heterocycles. The molecule has 1 aliphatic rings. The van der Waals surface area contributed by atoms with Gasteiger partial charge in [0.25, 0.3) is 0 Å². The van der Waals surface area contributed by atoms with E-state index in [-0.39, 0.29) is 24.5 Å². The molecular formula is C16H15F3N4O3. The van der Waals surface area contributed by atoms with Gasteiger partial charge in [0.15, 0.2) is 0 Å². The molecule has 0 aliphatic carbocycles. The van der Waals surface area contributed by atoms with E-state index >= 15 is 0 Å². The summed E-state index contributed by atoms with van der Waals surface area (Å²) < 4.78 is 40.4. The predicted octanol–water partition coefficient (Wildman–Crippen LogP) is 2.83. The fourth-order valence-corrected chi connectivity index (χ4v) is 2.76. The molecule has 1 atom stereocenters. The van der Waals surface area contributed by atoms with Gasteiger partial charge in [0.2, 0.25) is 0 Å². The number of carboxylic acid groups (broad SMARTS) is 1. The number of urea groups is 1. The van der Waals surface area contributed by atoms with Crippen molar-refractivity contribution in [3.63, 3.8) is 0 Å². The number of nitrogens with zero attached hydrogens (tertiary/aromatic N) is 3. The number of carbonyl (C=O) groups is 2. The summed E-state index contributed by atoms with van der Waals surface area (Å²) in [6.45, 7) is 0.232. The number of alkyl halides is 3. The largest absolute Gasteiger partial charge is 0.481 e. The Hall–Kier alpha value is -3.04. The molecule has 0 saturated carbocycles. The van der Waals surface area contributed by atoms with Gasteiger partial charge in [-0.2, -0.15) is 18.3 Å². The number of aromatic nitrogens is 2. The van der Waals surface area contributed by atoms with Crippen LogP contribution < -0.4 is 5.32 Å². The van der Waals surface area contributed by atoms with Gasteiger partial charge in [-0.25, -0.2) is 9.48 Å². The molecule has 138 valence electrons. The zero-order chi connectivity index (χ0) is 18.9. The van der Waals surface area contributed by atoms with E-state index in [2.05, 4.69) is 10.4 Å². The number of halogens is 3. The first kappa shape index (κ1) is 17.8. The molecule has 1 fully saturated rings. The molecule has 2 N–H and O–H groups in total. The van der Waals surface area contributed by atoms with Gasteiger partial charge in [0.05, 0.1) is 22.9 Å². The summed E-state index contributed by atoms with van der Waals surface area (Å²) in [6.07, 6.45) is -1.27. The molecule has 1 saturated heterocycles. The van der Waals surface area contributed by atoms with Crippen LogP contribution in [0.2, 0.25) is 0 Å². The number of carboxylic acids is 1. The summed E-state index contributed by atoms with van der Waals surface area (Å²) in [5, 5.41) is 15.4. The van der Waals surface area contributed by atoms with Gasteiger partial charge in [-0.1, -0.05) is 0 Å². The minimum absolute atomic E-state index is 0.0111. The Bertz CT molecular complexity index is 821. The summed E-state index contributed by atoms with van der Waals surface area (Å²) in [6, 6.07) is 3.90. The molecule has 0 radical (unpaired) electrons. The first-order valence-electron chi connectivity index (χ1n) is 7.75. The minimum Gasteiger partial charge on any atom is -0.481 e. The van der Waals surface area contributed by atoms with E-state index in [1.54, 1.807) is 6.07 Å². The van der Waals surface area contributed by atoms with Gasteiger partial charge in [0.1, 0.15) is 0 Å². The summed E-state index contributed by atoms with van der Waals surface area (Å²) >= 11 is 0. The first-order valence-corrected chi connectivity index (χ1v) is 7.75. The molecule has 0 bridgehead atoms. The van der Waals surface area contributed by atoms with E-state index in [1.165, 1.54) is 28.0 Å². The van der Waals surface area contributed by atoms with Crippen molar-refractivity contribution in [3.05, 3.63) is 42.2 Å². The SMILES string of the molecule is O=C(O)C1CCN(C(=O)Nc2cc(C(F)(F)F)ccc2-n2cccn2)C1. The van der Waals surface area contributed by atoms with Crippen LogP contribution in [0.25, 0.3) is 5.69 Å². The maximum absolute atomic E-state index is 13.0. The molecule has 3 rings (SSSR count). The minimum atomic E-state index is -4.57. The van der Waals surface area contributed by atoms with Crippen LogP contribution in [0.5, 0.6) is 0 Å². The summed E-state index contributed by atoms with van der Waals surface area (Å²) in [7, 11) is 0. The maximum atomic E-state index is 13.0. The van der Waals surface area contributed by atoms with E-state index in [1.807, 2.05) is 0 Å². The quantitative estimate of drug-likeness (QED) is 0.872. The monoisotopic (exact) mass is 368 g/mol. The number of amides is 2. The topological polar surface area (TPSA) is 87.5 Å². The number of hydrogen-bond acceptors (Lipinski definition) is 3. The highest BCUT2D eigenvalue weighted by Crippen LogP contribution is 2.33. The van der Waals surface area contributed by atoms with Gasteiger partial charge in [-0.15, -0.1) is 0 Å². The second kappa shape index (κ2) is 6.70. The zero-order valence-electron chi connectivity index (χ0n) is 13.4. The van der Waals surface area contributed by atoms with Crippen LogP contribution in [0, 0.1) is 5.92 Å². The van der Waals surface area contributed by atoms with Gasteiger partial charge in [0, 0.05) is 25.5 Å². The van der Waals surface area contributed by atoms with Crippen LogP contribution in [0.3, 0.4) is 0 Å². The Labute approximate surface area is 146 Å². The Morgan fingerprint density at radius 3 is 2.65 bits per heavy atom. The predicted molar refractivity (Wildman–Crippen MR) is 84.9 cm³/mol. The molecule has 2 amide bonds. The third kappa shape index (κ3) is 3.63. The van der Waals surface area contributed by atoms with Crippen molar-refractivity contribution >= 4 is 17.7 Å². The molecule has 1 aromatic heterocycles. The molecule has 26 heavy (non-hydrogen) atoms. The third-order valence-electron chi connectivity index (χ3n) is 4.14. The Balaban J connectivity index is 1.87. The van der Waals surface area contributed by atoms with E-state index in [9.17, 15) is 22.8 Å². The van der Waals surface area contributed by atoms with Crippen LogP contribution in [-0.4, -0.2) is 44.9 Å². The van der Waals surface area contributed by atoms with Crippen LogP contribution in [0.4, 0.5) is 23.7 Å². The Kier molecular flexibility index (Phi) is 4.58. The highest BCUT2D eigenvalue weighted by Gasteiger charge is 2.33. The molecule has 10 heteroatoms. The molecular weight excluding hydrogens is 353 g/mol. The number of rotatable bonds is 3. The van der Waals surface area contributed by atoms with Crippen molar-refractivity contribution in [2.75, 3.05) is 18.4 Å². The number of likely N-dealkylation sites (tertiary alicyclic amines) is 1. The average Bonchev–Trinajstić information content (AvgIpc) is 3.26. The summed E-state index contributed by atoms with van der Waals surface area (Å²) in [5.41, 5.74) is -0.703. The lowest BCUT2D eigenvalue weighted by atomic mass is 10.1. The molecule has 7 nitrogen and oxygen atoms in total. The zero-order valence-corrected chi connectivity index (χ0v) is 13.4. The highest BCUT2D eigenvalue weighted by molar-refractivity contribution is 5.92. The molecule has 1 unspecified atom stereocenters. The summed E-state index contributed by atoms with van der Waals surface area (Å²) in [5.74, 6) is -1.68. The van der Waals surface area contributed by atoms with Crippen LogP contribution >= 0.6 is 0 Å². The van der Waals surface area contributed by atoms with Crippen LogP contribution in [-0.2, 0) is 11.0 Å². The standard InChI is InChI=1S/C16H15F3N4O3/c17-16(18,19)11-2-3-13(23-6-1-5-20-23)12(8-11)21-15(26)22-7-4-10(9-22)14(24)25/h1-3,5-6,8,10H,4,7,9H2,(H,21,26)(H,24,25). The smallest absolute Gasteiger partial charge is 0.416 e. The lowest BCUT2D eigenvalue weighted by Crippen LogP contribution is -2.34. The van der Waals surface area contributed by atoms with Gasteiger partial charge in [-0.05, 0) is 30.7 Å². The number of aliphatic carboxylic acids is 1.